The molecule has 0 saturated carbocycles. The van der Waals surface area contributed by atoms with Crippen molar-refractivity contribution in [1.29, 1.82) is 0 Å². The molecule has 1 unspecified atom stereocenters. The van der Waals surface area contributed by atoms with Gasteiger partial charge in [0.2, 0.25) is 0 Å². The number of rotatable bonds is 4. The Morgan fingerprint density at radius 1 is 0.950 bits per heavy atom. The smallest absolute Gasteiger partial charge is 0.161 e. The highest BCUT2D eigenvalue weighted by Crippen LogP contribution is 2.38. The molecule has 0 aromatic heterocycles. The summed E-state index contributed by atoms with van der Waals surface area (Å²) < 4.78 is 11.5. The van der Waals surface area contributed by atoms with E-state index in [0.717, 1.165) is 15.6 Å². The van der Waals surface area contributed by atoms with Gasteiger partial charge in [-0.05, 0) is 41.5 Å². The van der Waals surface area contributed by atoms with Crippen LogP contribution in [0.25, 0.3) is 0 Å². The average molecular weight is 421 g/mol. The van der Waals surface area contributed by atoms with Gasteiger partial charge in [-0.25, -0.2) is 0 Å². The second kappa shape index (κ2) is 6.83. The lowest BCUT2D eigenvalue weighted by Gasteiger charge is -2.14. The summed E-state index contributed by atoms with van der Waals surface area (Å²) in [7, 11) is 3.25. The second-order valence-electron chi connectivity index (χ2n) is 4.18. The highest BCUT2D eigenvalue weighted by atomic mass is 79.9. The highest BCUT2D eigenvalue weighted by Gasteiger charge is 2.14. The van der Waals surface area contributed by atoms with Crippen molar-refractivity contribution in [3.8, 4) is 11.5 Å². The van der Waals surface area contributed by atoms with E-state index >= 15 is 0 Å². The van der Waals surface area contributed by atoms with Crippen LogP contribution in [0.1, 0.15) is 16.0 Å². The average Bonchev–Trinajstić information content (AvgIpc) is 2.44. The van der Waals surface area contributed by atoms with Crippen LogP contribution in [0.3, 0.4) is 0 Å². The first kappa shape index (κ1) is 15.7. The van der Waals surface area contributed by atoms with Crippen LogP contribution in [0.4, 0.5) is 0 Å². The van der Waals surface area contributed by atoms with Gasteiger partial charge in [-0.3, -0.25) is 0 Å². The van der Waals surface area contributed by atoms with Crippen LogP contribution in [-0.4, -0.2) is 14.2 Å². The van der Waals surface area contributed by atoms with Crippen LogP contribution in [0, 0.1) is 0 Å². The lowest BCUT2D eigenvalue weighted by molar-refractivity contribution is 0.354. The van der Waals surface area contributed by atoms with Crippen molar-refractivity contribution in [2.75, 3.05) is 14.2 Å². The van der Waals surface area contributed by atoms with Gasteiger partial charge in [0, 0.05) is 9.50 Å². The summed E-state index contributed by atoms with van der Waals surface area (Å²) in [6.07, 6.45) is 0. The summed E-state index contributed by atoms with van der Waals surface area (Å²) in [4.78, 5) is 0.0253. The quantitative estimate of drug-likeness (QED) is 0.599. The Kier molecular flexibility index (Phi) is 5.35. The topological polar surface area (TPSA) is 18.5 Å². The molecular formula is C15H13Br2ClO2. The van der Waals surface area contributed by atoms with Crippen LogP contribution in [0.2, 0.25) is 5.02 Å². The van der Waals surface area contributed by atoms with Gasteiger partial charge in [0.05, 0.1) is 19.0 Å². The second-order valence-corrected chi connectivity index (χ2v) is 6.45. The summed E-state index contributed by atoms with van der Waals surface area (Å²) >= 11 is 13.2. The normalized spacial score (nSPS) is 12.1. The maximum absolute atomic E-state index is 6.09. The molecule has 0 amide bonds. The van der Waals surface area contributed by atoms with E-state index in [0.29, 0.717) is 16.5 Å². The Hall–Kier alpha value is -0.710. The Balaban J connectivity index is 2.39. The number of halogens is 3. The molecule has 2 rings (SSSR count). The Bertz CT molecular complexity index is 597. The van der Waals surface area contributed by atoms with E-state index in [1.807, 2.05) is 36.4 Å². The van der Waals surface area contributed by atoms with Crippen molar-refractivity contribution < 1.29 is 9.47 Å². The monoisotopic (exact) mass is 418 g/mol. The standard InChI is InChI=1S/C15H13Br2ClO2/c1-19-13-4-3-9(7-14(13)20-2)15(17)10-5-11(16)8-12(18)6-10/h3-8,15H,1-2H3. The predicted octanol–water partition coefficient (Wildman–Crippen LogP) is 5.60. The van der Waals surface area contributed by atoms with Crippen LogP contribution in [0.15, 0.2) is 40.9 Å². The SMILES string of the molecule is COc1ccc(C(Br)c2cc(Cl)cc(Br)c2)cc1OC. The molecule has 106 valence electrons. The summed E-state index contributed by atoms with van der Waals surface area (Å²) in [5.74, 6) is 1.42. The van der Waals surface area contributed by atoms with Crippen molar-refractivity contribution in [3.05, 3.63) is 57.0 Å². The van der Waals surface area contributed by atoms with Crippen molar-refractivity contribution in [2.24, 2.45) is 0 Å². The molecule has 0 aliphatic rings. The van der Waals surface area contributed by atoms with Crippen LogP contribution in [-0.2, 0) is 0 Å². The zero-order valence-electron chi connectivity index (χ0n) is 11.0. The summed E-state index contributed by atoms with van der Waals surface area (Å²) in [5.41, 5.74) is 2.13. The number of benzene rings is 2. The van der Waals surface area contributed by atoms with Gasteiger partial charge >= 0.3 is 0 Å². The van der Waals surface area contributed by atoms with Crippen molar-refractivity contribution in [1.82, 2.24) is 0 Å². The molecular weight excluding hydrogens is 407 g/mol. The molecule has 1 atom stereocenters. The molecule has 0 fully saturated rings. The Morgan fingerprint density at radius 2 is 1.65 bits per heavy atom. The minimum Gasteiger partial charge on any atom is -0.493 e. The fraction of sp³-hybridized carbons (Fsp3) is 0.200. The molecule has 0 radical (unpaired) electrons. The van der Waals surface area contributed by atoms with Gasteiger partial charge in [0.1, 0.15) is 0 Å². The largest absolute Gasteiger partial charge is 0.493 e. The third-order valence-corrected chi connectivity index (χ3v) is 4.61. The minimum atomic E-state index is 0.0253. The Labute approximate surface area is 140 Å². The van der Waals surface area contributed by atoms with Gasteiger partial charge in [-0.2, -0.15) is 0 Å². The number of ether oxygens (including phenoxy) is 2. The zero-order chi connectivity index (χ0) is 14.7. The van der Waals surface area contributed by atoms with Crippen LogP contribution in [0.5, 0.6) is 11.5 Å². The van der Waals surface area contributed by atoms with E-state index in [-0.39, 0.29) is 4.83 Å². The molecule has 2 aromatic carbocycles. The molecule has 20 heavy (non-hydrogen) atoms. The number of methoxy groups -OCH3 is 2. The number of alkyl halides is 1. The van der Waals surface area contributed by atoms with E-state index < -0.39 is 0 Å². The lowest BCUT2D eigenvalue weighted by atomic mass is 10.0. The molecule has 0 aliphatic carbocycles. The molecule has 0 heterocycles. The fourth-order valence-electron chi connectivity index (χ4n) is 1.92. The predicted molar refractivity (Wildman–Crippen MR) is 89.5 cm³/mol. The molecule has 0 saturated heterocycles. The van der Waals surface area contributed by atoms with Crippen molar-refractivity contribution >= 4 is 43.5 Å². The molecule has 5 heteroatoms. The first-order chi connectivity index (χ1) is 9.55. The van der Waals surface area contributed by atoms with Crippen molar-refractivity contribution in [3.63, 3.8) is 0 Å². The summed E-state index contributed by atoms with van der Waals surface area (Å²) in [5, 5.41) is 0.694. The van der Waals surface area contributed by atoms with Gasteiger partial charge in [0.15, 0.2) is 11.5 Å². The van der Waals surface area contributed by atoms with Gasteiger partial charge in [-0.1, -0.05) is 49.5 Å². The van der Waals surface area contributed by atoms with E-state index in [2.05, 4.69) is 31.9 Å². The van der Waals surface area contributed by atoms with Crippen molar-refractivity contribution in [2.45, 2.75) is 4.83 Å². The number of hydrogen-bond acceptors (Lipinski definition) is 2. The molecule has 0 bridgehead atoms. The van der Waals surface area contributed by atoms with Crippen LogP contribution < -0.4 is 9.47 Å². The molecule has 0 N–H and O–H groups in total. The van der Waals surface area contributed by atoms with E-state index in [4.69, 9.17) is 21.1 Å². The van der Waals surface area contributed by atoms with E-state index in [1.54, 1.807) is 14.2 Å². The summed E-state index contributed by atoms with van der Waals surface area (Å²) in [6, 6.07) is 11.7. The maximum Gasteiger partial charge on any atom is 0.161 e. The van der Waals surface area contributed by atoms with Gasteiger partial charge in [0.25, 0.3) is 0 Å². The zero-order valence-corrected chi connectivity index (χ0v) is 14.9. The van der Waals surface area contributed by atoms with Gasteiger partial charge in [-0.15, -0.1) is 0 Å². The van der Waals surface area contributed by atoms with Gasteiger partial charge < -0.3 is 9.47 Å². The third-order valence-electron chi connectivity index (χ3n) is 2.88. The highest BCUT2D eigenvalue weighted by molar-refractivity contribution is 9.10. The number of hydrogen-bond donors (Lipinski definition) is 0. The van der Waals surface area contributed by atoms with E-state index in [9.17, 15) is 0 Å². The first-order valence-electron chi connectivity index (χ1n) is 5.87. The molecule has 2 aromatic rings. The van der Waals surface area contributed by atoms with E-state index in [1.165, 1.54) is 0 Å². The third kappa shape index (κ3) is 3.48. The maximum atomic E-state index is 6.09. The first-order valence-corrected chi connectivity index (χ1v) is 7.96. The summed E-state index contributed by atoms with van der Waals surface area (Å²) in [6.45, 7) is 0. The molecule has 0 spiro atoms. The fourth-order valence-corrected chi connectivity index (χ4v) is 3.36. The lowest BCUT2D eigenvalue weighted by Crippen LogP contribution is -1.96. The molecule has 0 aliphatic heterocycles. The minimum absolute atomic E-state index is 0.0253. The Morgan fingerprint density at radius 3 is 2.25 bits per heavy atom. The molecule has 2 nitrogen and oxygen atoms in total. The van der Waals surface area contributed by atoms with Crippen LogP contribution >= 0.6 is 43.5 Å².